The van der Waals surface area contributed by atoms with Crippen LogP contribution in [-0.4, -0.2) is 55.2 Å². The van der Waals surface area contributed by atoms with E-state index in [-0.39, 0.29) is 35.3 Å². The van der Waals surface area contributed by atoms with Gasteiger partial charge in [-0.3, -0.25) is 4.79 Å². The molecule has 162 valence electrons. The topological polar surface area (TPSA) is 58.8 Å². The number of piperidine rings is 2. The lowest BCUT2D eigenvalue weighted by molar-refractivity contribution is -0.140. The average Bonchev–Trinajstić information content (AvgIpc) is 2.66. The number of hydrogen-bond acceptors (Lipinski definition) is 4. The first-order chi connectivity index (χ1) is 13.7. The van der Waals surface area contributed by atoms with Crippen LogP contribution in [0.5, 0.6) is 0 Å². The van der Waals surface area contributed by atoms with E-state index in [9.17, 15) is 9.18 Å². The van der Waals surface area contributed by atoms with Gasteiger partial charge in [0.25, 0.3) is 0 Å². The second kappa shape index (κ2) is 9.43. The summed E-state index contributed by atoms with van der Waals surface area (Å²) in [6.45, 7) is 9.06. The van der Waals surface area contributed by atoms with E-state index in [0.29, 0.717) is 18.7 Å². The molecule has 0 aliphatic carbocycles. The van der Waals surface area contributed by atoms with Crippen molar-refractivity contribution in [1.82, 2.24) is 4.90 Å². The van der Waals surface area contributed by atoms with Crippen molar-refractivity contribution in [2.75, 3.05) is 31.1 Å². The van der Waals surface area contributed by atoms with Crippen molar-refractivity contribution in [2.45, 2.75) is 71.1 Å². The summed E-state index contributed by atoms with van der Waals surface area (Å²) in [5.74, 6) is 0.00340. The van der Waals surface area contributed by atoms with Gasteiger partial charge in [0.15, 0.2) is 0 Å². The molecule has 2 N–H and O–H groups in total. The number of nitrogens with zero attached hydrogens (tertiary/aromatic N) is 2. The Kier molecular flexibility index (Phi) is 7.17. The molecule has 1 aromatic carbocycles. The molecule has 0 aromatic heterocycles. The minimum Gasteiger partial charge on any atom is -0.376 e. The summed E-state index contributed by atoms with van der Waals surface area (Å²) in [6.07, 6.45) is 4.25. The molecule has 6 heteroatoms. The number of anilines is 1. The average molecular weight is 406 g/mol. The minimum atomic E-state index is -0.173. The number of rotatable bonds is 5. The molecule has 2 atom stereocenters. The van der Waals surface area contributed by atoms with Crippen molar-refractivity contribution in [1.29, 1.82) is 0 Å². The number of ether oxygens (including phenoxy) is 1. The first-order valence-corrected chi connectivity index (χ1v) is 10.9. The number of para-hydroxylation sites is 1. The Balaban J connectivity index is 1.53. The molecule has 1 amide bonds. The molecular weight excluding hydrogens is 369 g/mol. The zero-order valence-electron chi connectivity index (χ0n) is 18.1. The normalized spacial score (nSPS) is 24.0. The van der Waals surface area contributed by atoms with Gasteiger partial charge in [0, 0.05) is 32.1 Å². The van der Waals surface area contributed by atoms with Gasteiger partial charge in [0.1, 0.15) is 5.82 Å². The van der Waals surface area contributed by atoms with Crippen molar-refractivity contribution in [2.24, 2.45) is 11.1 Å². The van der Waals surface area contributed by atoms with Crippen molar-refractivity contribution >= 4 is 11.6 Å². The molecule has 0 spiro atoms. The molecule has 5 nitrogen and oxygen atoms in total. The van der Waals surface area contributed by atoms with E-state index in [2.05, 4.69) is 25.7 Å². The molecule has 0 unspecified atom stereocenters. The van der Waals surface area contributed by atoms with Crippen LogP contribution >= 0.6 is 0 Å². The van der Waals surface area contributed by atoms with Gasteiger partial charge in [-0.25, -0.2) is 4.39 Å². The van der Waals surface area contributed by atoms with E-state index in [1.165, 1.54) is 6.07 Å². The number of carbonyl (C=O) groups excluding carboxylic acids is 1. The molecule has 0 saturated carbocycles. The van der Waals surface area contributed by atoms with Gasteiger partial charge in [-0.1, -0.05) is 32.9 Å². The number of carbonyl (C=O) groups is 1. The Bertz CT molecular complexity index is 683. The van der Waals surface area contributed by atoms with E-state index < -0.39 is 0 Å². The molecule has 2 saturated heterocycles. The fourth-order valence-electron chi connectivity index (χ4n) is 4.37. The summed E-state index contributed by atoms with van der Waals surface area (Å²) >= 11 is 0. The van der Waals surface area contributed by atoms with Gasteiger partial charge in [0.05, 0.1) is 24.4 Å². The van der Waals surface area contributed by atoms with Crippen LogP contribution in [0, 0.1) is 11.2 Å². The lowest BCUT2D eigenvalue weighted by Crippen LogP contribution is -2.57. The fourth-order valence-corrected chi connectivity index (χ4v) is 4.37. The summed E-state index contributed by atoms with van der Waals surface area (Å²) in [4.78, 5) is 16.9. The molecule has 2 aliphatic rings. The summed E-state index contributed by atoms with van der Waals surface area (Å²) in [6, 6.07) is 6.83. The second-order valence-electron chi connectivity index (χ2n) is 9.67. The molecule has 0 radical (unpaired) electrons. The Morgan fingerprint density at radius 3 is 2.52 bits per heavy atom. The van der Waals surface area contributed by atoms with Gasteiger partial charge in [-0.05, 0) is 43.2 Å². The third-order valence-corrected chi connectivity index (χ3v) is 5.97. The van der Waals surface area contributed by atoms with E-state index in [0.717, 1.165) is 45.3 Å². The van der Waals surface area contributed by atoms with Crippen LogP contribution in [0.15, 0.2) is 24.3 Å². The largest absolute Gasteiger partial charge is 0.376 e. The molecule has 2 fully saturated rings. The predicted molar refractivity (Wildman–Crippen MR) is 114 cm³/mol. The second-order valence-corrected chi connectivity index (χ2v) is 9.67. The zero-order chi connectivity index (χ0) is 21.0. The maximum atomic E-state index is 14.0. The van der Waals surface area contributed by atoms with Gasteiger partial charge in [-0.15, -0.1) is 0 Å². The van der Waals surface area contributed by atoms with Gasteiger partial charge < -0.3 is 20.3 Å². The smallest absolute Gasteiger partial charge is 0.223 e. The molecular formula is C23H36FN3O2. The van der Waals surface area contributed by atoms with Crippen LogP contribution in [0.25, 0.3) is 0 Å². The highest BCUT2D eigenvalue weighted by atomic mass is 19.1. The van der Waals surface area contributed by atoms with Gasteiger partial charge in [-0.2, -0.15) is 0 Å². The molecule has 2 heterocycles. The number of halogens is 1. The van der Waals surface area contributed by atoms with Crippen LogP contribution < -0.4 is 10.6 Å². The third kappa shape index (κ3) is 5.92. The predicted octanol–water partition coefficient (Wildman–Crippen LogP) is 3.57. The minimum absolute atomic E-state index is 0.0360. The summed E-state index contributed by atoms with van der Waals surface area (Å²) in [5, 5.41) is 0. The molecule has 0 bridgehead atoms. The Morgan fingerprint density at radius 2 is 1.86 bits per heavy atom. The fraction of sp³-hybridized carbons (Fsp3) is 0.696. The van der Waals surface area contributed by atoms with Gasteiger partial charge in [0.2, 0.25) is 5.91 Å². The summed E-state index contributed by atoms with van der Waals surface area (Å²) in [7, 11) is 0. The van der Waals surface area contributed by atoms with Crippen LogP contribution in [0.1, 0.15) is 52.9 Å². The van der Waals surface area contributed by atoms with Gasteiger partial charge >= 0.3 is 0 Å². The molecule has 1 aromatic rings. The third-order valence-electron chi connectivity index (χ3n) is 5.97. The van der Waals surface area contributed by atoms with Crippen molar-refractivity contribution < 1.29 is 13.9 Å². The van der Waals surface area contributed by atoms with Crippen molar-refractivity contribution in [3.63, 3.8) is 0 Å². The van der Waals surface area contributed by atoms with Crippen molar-refractivity contribution in [3.8, 4) is 0 Å². The summed E-state index contributed by atoms with van der Waals surface area (Å²) in [5.41, 5.74) is 7.01. The lowest BCUT2D eigenvalue weighted by Gasteiger charge is -2.42. The molecule has 3 rings (SSSR count). The Hall–Kier alpha value is -1.66. The highest BCUT2D eigenvalue weighted by Crippen LogP contribution is 2.27. The standard InChI is InChI=1S/C23H36FN3O2/c1-23(2,3)15-22(28)27-12-6-8-19(25)21(27)16-29-17-10-13-26(14-11-17)20-9-5-4-7-18(20)24/h4-5,7,9,17,19,21H,6,8,10-16,25H2,1-3H3/t19-,21-/m0/s1. The maximum absolute atomic E-state index is 14.0. The number of amides is 1. The Morgan fingerprint density at radius 1 is 1.17 bits per heavy atom. The summed E-state index contributed by atoms with van der Waals surface area (Å²) < 4.78 is 20.2. The first kappa shape index (κ1) is 22.0. The van der Waals surface area contributed by atoms with Crippen LogP contribution in [0.3, 0.4) is 0 Å². The van der Waals surface area contributed by atoms with Crippen LogP contribution in [0.4, 0.5) is 10.1 Å². The lowest BCUT2D eigenvalue weighted by atomic mass is 9.89. The molecule has 29 heavy (non-hydrogen) atoms. The van der Waals surface area contributed by atoms with E-state index in [4.69, 9.17) is 10.5 Å². The van der Waals surface area contributed by atoms with Crippen molar-refractivity contribution in [3.05, 3.63) is 30.1 Å². The highest BCUT2D eigenvalue weighted by molar-refractivity contribution is 5.77. The zero-order valence-corrected chi connectivity index (χ0v) is 18.1. The number of hydrogen-bond donors (Lipinski definition) is 1. The highest BCUT2D eigenvalue weighted by Gasteiger charge is 2.34. The number of nitrogens with two attached hydrogens (primary N) is 1. The maximum Gasteiger partial charge on any atom is 0.223 e. The molecule has 2 aliphatic heterocycles. The van der Waals surface area contributed by atoms with E-state index in [1.807, 2.05) is 17.0 Å². The SMILES string of the molecule is CC(C)(C)CC(=O)N1CCC[C@H](N)[C@@H]1COC1CCN(c2ccccc2F)CC1. The van der Waals surface area contributed by atoms with E-state index >= 15 is 0 Å². The van der Waals surface area contributed by atoms with E-state index in [1.54, 1.807) is 6.07 Å². The quantitative estimate of drug-likeness (QED) is 0.814. The first-order valence-electron chi connectivity index (χ1n) is 10.9. The Labute approximate surface area is 174 Å². The van der Waals surface area contributed by atoms with Crippen LogP contribution in [0.2, 0.25) is 0 Å². The van der Waals surface area contributed by atoms with Crippen LogP contribution in [-0.2, 0) is 9.53 Å². The number of benzene rings is 1. The monoisotopic (exact) mass is 405 g/mol. The number of likely N-dealkylation sites (tertiary alicyclic amines) is 1.